The van der Waals surface area contributed by atoms with Crippen molar-refractivity contribution in [2.45, 2.75) is 38.3 Å². The average Bonchev–Trinajstić information content (AvgIpc) is 3.09. The Balaban J connectivity index is 1.32. The minimum absolute atomic E-state index is 0.210. The number of anilines is 2. The van der Waals surface area contributed by atoms with E-state index in [1.54, 1.807) is 23.1 Å². The Morgan fingerprint density at radius 3 is 2.71 bits per heavy atom. The Labute approximate surface area is 179 Å². The lowest BCUT2D eigenvalue weighted by Crippen LogP contribution is -2.52. The van der Waals surface area contributed by atoms with Gasteiger partial charge in [0, 0.05) is 36.4 Å². The van der Waals surface area contributed by atoms with E-state index in [0.717, 1.165) is 29.7 Å². The number of carbonyl (C=O) groups excluding carboxylic acids is 4. The molecule has 0 aliphatic carbocycles. The number of aryl methyl sites for hydroxylation is 1. The van der Waals surface area contributed by atoms with Gasteiger partial charge in [0.1, 0.15) is 6.04 Å². The van der Waals surface area contributed by atoms with Crippen molar-refractivity contribution in [3.05, 3.63) is 59.2 Å². The molecular weight excluding hydrogens is 396 g/mol. The highest BCUT2D eigenvalue weighted by molar-refractivity contribution is 6.06. The van der Waals surface area contributed by atoms with Crippen molar-refractivity contribution in [3.63, 3.8) is 0 Å². The van der Waals surface area contributed by atoms with Crippen molar-refractivity contribution in [1.82, 2.24) is 10.2 Å². The molecule has 1 atom stereocenters. The third-order valence-electron chi connectivity index (χ3n) is 6.13. The molecule has 31 heavy (non-hydrogen) atoms. The molecule has 0 spiro atoms. The maximum atomic E-state index is 12.9. The Morgan fingerprint density at radius 1 is 1.03 bits per heavy atom. The number of piperidine rings is 1. The van der Waals surface area contributed by atoms with Gasteiger partial charge in [-0.1, -0.05) is 18.2 Å². The predicted octanol–water partition coefficient (Wildman–Crippen LogP) is 2.43. The van der Waals surface area contributed by atoms with Gasteiger partial charge in [0.2, 0.25) is 11.8 Å². The highest BCUT2D eigenvalue weighted by Crippen LogP contribution is 2.31. The Hall–Kier alpha value is -3.68. The Morgan fingerprint density at radius 2 is 1.87 bits per heavy atom. The van der Waals surface area contributed by atoms with Gasteiger partial charge in [-0.25, -0.2) is 4.79 Å². The number of hydrogen-bond acceptors (Lipinski definition) is 4. The number of fused-ring (bicyclic) bond motifs is 2. The van der Waals surface area contributed by atoms with E-state index in [2.05, 4.69) is 10.6 Å². The van der Waals surface area contributed by atoms with Crippen LogP contribution in [0.25, 0.3) is 0 Å². The quantitative estimate of drug-likeness (QED) is 0.732. The minimum atomic E-state index is -0.652. The fraction of sp³-hybridized carbons (Fsp3) is 0.304. The summed E-state index contributed by atoms with van der Waals surface area (Å²) in [5.41, 5.74) is 3.96. The molecule has 0 aromatic heterocycles. The summed E-state index contributed by atoms with van der Waals surface area (Å²) >= 11 is 0. The summed E-state index contributed by atoms with van der Waals surface area (Å²) in [6.07, 6.45) is 2.40. The van der Waals surface area contributed by atoms with Gasteiger partial charge in [-0.2, -0.15) is 0 Å². The summed E-state index contributed by atoms with van der Waals surface area (Å²) in [7, 11) is 0. The molecule has 3 heterocycles. The third kappa shape index (κ3) is 3.43. The van der Waals surface area contributed by atoms with Crippen LogP contribution in [-0.4, -0.2) is 41.2 Å². The highest BCUT2D eigenvalue weighted by Gasteiger charge is 2.39. The van der Waals surface area contributed by atoms with E-state index >= 15 is 0 Å². The molecule has 0 bridgehead atoms. The normalized spacial score (nSPS) is 20.3. The number of nitrogens with one attached hydrogen (secondary N) is 2. The standard InChI is InChI=1S/C23H22N4O4/c28-20-10-9-19(21(29)25-20)27-13-15-12-16(7-8-17(15)22(27)30)24-23(31)26-11-3-5-14-4-1-2-6-18(14)26/h1-2,4,6-8,12,19H,3,5,9-11,13H2,(H,24,31)(H,25,28,29). The van der Waals surface area contributed by atoms with Crippen molar-refractivity contribution < 1.29 is 19.2 Å². The van der Waals surface area contributed by atoms with Crippen molar-refractivity contribution in [2.24, 2.45) is 0 Å². The SMILES string of the molecule is O=C1CCC(N2Cc3cc(NC(=O)N4CCCc5ccccc54)ccc3C2=O)C(=O)N1. The maximum Gasteiger partial charge on any atom is 0.326 e. The Bertz CT molecular complexity index is 1110. The monoisotopic (exact) mass is 418 g/mol. The molecular formula is C23H22N4O4. The fourth-order valence-electron chi connectivity index (χ4n) is 4.59. The molecule has 2 aromatic rings. The van der Waals surface area contributed by atoms with E-state index in [1.165, 1.54) is 4.90 Å². The van der Waals surface area contributed by atoms with Gasteiger partial charge in [-0.15, -0.1) is 0 Å². The van der Waals surface area contributed by atoms with E-state index in [-0.39, 0.29) is 30.8 Å². The molecule has 2 N–H and O–H groups in total. The van der Waals surface area contributed by atoms with Crippen LogP contribution in [0, 0.1) is 0 Å². The molecule has 1 fully saturated rings. The largest absolute Gasteiger partial charge is 0.326 e. The molecule has 1 unspecified atom stereocenters. The maximum absolute atomic E-state index is 12.9. The first-order valence-corrected chi connectivity index (χ1v) is 10.5. The van der Waals surface area contributed by atoms with E-state index in [4.69, 9.17) is 0 Å². The number of urea groups is 1. The van der Waals surface area contributed by atoms with Crippen LogP contribution in [0.2, 0.25) is 0 Å². The topological polar surface area (TPSA) is 98.8 Å². The van der Waals surface area contributed by atoms with Gasteiger partial charge < -0.3 is 10.2 Å². The lowest BCUT2D eigenvalue weighted by atomic mass is 10.0. The number of para-hydroxylation sites is 1. The summed E-state index contributed by atoms with van der Waals surface area (Å²) in [5, 5.41) is 5.24. The van der Waals surface area contributed by atoms with Crippen LogP contribution in [0.3, 0.4) is 0 Å². The second kappa shape index (κ2) is 7.54. The molecule has 1 saturated heterocycles. The zero-order valence-electron chi connectivity index (χ0n) is 16.9. The number of rotatable bonds is 2. The van der Waals surface area contributed by atoms with Crippen LogP contribution in [0.4, 0.5) is 16.2 Å². The third-order valence-corrected chi connectivity index (χ3v) is 6.13. The van der Waals surface area contributed by atoms with E-state index < -0.39 is 11.9 Å². The number of imide groups is 1. The molecule has 5 rings (SSSR count). The molecule has 158 valence electrons. The molecule has 8 nitrogen and oxygen atoms in total. The summed E-state index contributed by atoms with van der Waals surface area (Å²) < 4.78 is 0. The van der Waals surface area contributed by atoms with Crippen LogP contribution < -0.4 is 15.5 Å². The summed E-state index contributed by atoms with van der Waals surface area (Å²) in [6, 6.07) is 12.2. The molecule has 3 aliphatic rings. The van der Waals surface area contributed by atoms with Crippen molar-refractivity contribution in [2.75, 3.05) is 16.8 Å². The van der Waals surface area contributed by atoms with Crippen LogP contribution in [-0.2, 0) is 22.6 Å². The van der Waals surface area contributed by atoms with E-state index in [1.807, 2.05) is 24.3 Å². The smallest absolute Gasteiger partial charge is 0.322 e. The summed E-state index contributed by atoms with van der Waals surface area (Å²) in [4.78, 5) is 52.6. The van der Waals surface area contributed by atoms with Gasteiger partial charge in [-0.05, 0) is 54.7 Å². The number of hydrogen-bond donors (Lipinski definition) is 2. The second-order valence-corrected chi connectivity index (χ2v) is 8.09. The van der Waals surface area contributed by atoms with Gasteiger partial charge in [0.05, 0.1) is 0 Å². The predicted molar refractivity (Wildman–Crippen MR) is 114 cm³/mol. The highest BCUT2D eigenvalue weighted by atomic mass is 16.2. The first-order chi connectivity index (χ1) is 15.0. The first-order valence-electron chi connectivity index (χ1n) is 10.5. The number of nitrogens with zero attached hydrogens (tertiary/aromatic N) is 2. The van der Waals surface area contributed by atoms with E-state index in [0.29, 0.717) is 24.2 Å². The molecule has 0 radical (unpaired) electrons. The van der Waals surface area contributed by atoms with Crippen LogP contribution in [0.1, 0.15) is 40.7 Å². The van der Waals surface area contributed by atoms with Crippen molar-refractivity contribution >= 4 is 35.1 Å². The zero-order valence-corrected chi connectivity index (χ0v) is 16.9. The second-order valence-electron chi connectivity index (χ2n) is 8.09. The van der Waals surface area contributed by atoms with Gasteiger partial charge >= 0.3 is 6.03 Å². The van der Waals surface area contributed by atoms with Gasteiger partial charge in [0.15, 0.2) is 0 Å². The fourth-order valence-corrected chi connectivity index (χ4v) is 4.59. The summed E-state index contributed by atoms with van der Waals surface area (Å²) in [6.45, 7) is 0.923. The van der Waals surface area contributed by atoms with E-state index in [9.17, 15) is 19.2 Å². The molecule has 2 aromatic carbocycles. The molecule has 5 amide bonds. The lowest BCUT2D eigenvalue weighted by molar-refractivity contribution is -0.136. The Kier molecular flexibility index (Phi) is 4.69. The van der Waals surface area contributed by atoms with Gasteiger partial charge in [-0.3, -0.25) is 24.6 Å². The number of benzene rings is 2. The number of carbonyl (C=O) groups is 4. The van der Waals surface area contributed by atoms with Crippen LogP contribution >= 0.6 is 0 Å². The van der Waals surface area contributed by atoms with Crippen molar-refractivity contribution in [1.29, 1.82) is 0 Å². The molecule has 0 saturated carbocycles. The molecule has 8 heteroatoms. The first kappa shape index (κ1) is 19.3. The average molecular weight is 418 g/mol. The van der Waals surface area contributed by atoms with Crippen molar-refractivity contribution in [3.8, 4) is 0 Å². The van der Waals surface area contributed by atoms with Gasteiger partial charge in [0.25, 0.3) is 5.91 Å². The number of amides is 5. The van der Waals surface area contributed by atoms with Crippen LogP contribution in [0.15, 0.2) is 42.5 Å². The summed E-state index contributed by atoms with van der Waals surface area (Å²) in [5.74, 6) is -0.975. The molecule has 3 aliphatic heterocycles. The minimum Gasteiger partial charge on any atom is -0.322 e. The van der Waals surface area contributed by atoms with Crippen LogP contribution in [0.5, 0.6) is 0 Å². The lowest BCUT2D eigenvalue weighted by Gasteiger charge is -2.29. The zero-order chi connectivity index (χ0) is 21.5.